The lowest BCUT2D eigenvalue weighted by Gasteiger charge is -2.08. The Hall–Kier alpha value is -2.20. The van der Waals surface area contributed by atoms with E-state index < -0.39 is 0 Å². The summed E-state index contributed by atoms with van der Waals surface area (Å²) in [6, 6.07) is 10.6. The van der Waals surface area contributed by atoms with Crippen LogP contribution in [0.25, 0.3) is 0 Å². The summed E-state index contributed by atoms with van der Waals surface area (Å²) >= 11 is 5.94. The second-order valence-electron chi connectivity index (χ2n) is 4.28. The molecular formula is C15H11ClO4. The van der Waals surface area contributed by atoms with E-state index in [0.717, 1.165) is 17.1 Å². The van der Waals surface area contributed by atoms with Crippen molar-refractivity contribution in [2.24, 2.45) is 0 Å². The van der Waals surface area contributed by atoms with Gasteiger partial charge >= 0.3 is 0 Å². The summed E-state index contributed by atoms with van der Waals surface area (Å²) < 4.78 is 16.2. The molecule has 0 spiro atoms. The molecule has 5 heteroatoms. The van der Waals surface area contributed by atoms with Crippen LogP contribution in [0.5, 0.6) is 17.2 Å². The van der Waals surface area contributed by atoms with Crippen LogP contribution in [0.4, 0.5) is 0 Å². The predicted octanol–water partition coefficient (Wildman–Crippen LogP) is 3.46. The molecule has 0 aromatic heterocycles. The molecular weight excluding hydrogens is 280 g/mol. The number of rotatable bonds is 4. The molecule has 0 atom stereocenters. The second-order valence-corrected chi connectivity index (χ2v) is 4.68. The molecule has 2 aromatic rings. The molecule has 2 aromatic carbocycles. The van der Waals surface area contributed by atoms with Crippen molar-refractivity contribution in [1.82, 2.24) is 0 Å². The first-order valence-electron chi connectivity index (χ1n) is 6.02. The molecule has 0 unspecified atom stereocenters. The van der Waals surface area contributed by atoms with E-state index in [-0.39, 0.29) is 6.79 Å². The predicted molar refractivity (Wildman–Crippen MR) is 73.7 cm³/mol. The lowest BCUT2D eigenvalue weighted by atomic mass is 10.2. The zero-order valence-electron chi connectivity index (χ0n) is 10.5. The number of hydrogen-bond donors (Lipinski definition) is 0. The lowest BCUT2D eigenvalue weighted by Crippen LogP contribution is -1.96. The molecule has 0 saturated heterocycles. The molecule has 0 saturated carbocycles. The topological polar surface area (TPSA) is 44.8 Å². The van der Waals surface area contributed by atoms with Gasteiger partial charge in [-0.15, -0.1) is 0 Å². The molecule has 1 heterocycles. The third kappa shape index (κ3) is 2.56. The van der Waals surface area contributed by atoms with Gasteiger partial charge in [-0.3, -0.25) is 4.79 Å². The Labute approximate surface area is 120 Å². The Bertz CT molecular complexity index is 654. The van der Waals surface area contributed by atoms with Crippen molar-refractivity contribution in [1.29, 1.82) is 0 Å². The summed E-state index contributed by atoms with van der Waals surface area (Å²) in [4.78, 5) is 10.7. The molecule has 0 N–H and O–H groups in total. The average Bonchev–Trinajstić information content (AvgIpc) is 2.92. The van der Waals surface area contributed by atoms with Crippen LogP contribution in [0.2, 0.25) is 5.02 Å². The van der Waals surface area contributed by atoms with E-state index in [1.54, 1.807) is 18.2 Å². The average molecular weight is 291 g/mol. The molecule has 0 bridgehead atoms. The van der Waals surface area contributed by atoms with Crippen LogP contribution in [0, 0.1) is 0 Å². The molecule has 1 aliphatic heterocycles. The third-order valence-electron chi connectivity index (χ3n) is 2.94. The summed E-state index contributed by atoms with van der Waals surface area (Å²) in [5.41, 5.74) is 1.41. The molecule has 20 heavy (non-hydrogen) atoms. The van der Waals surface area contributed by atoms with Gasteiger partial charge in [-0.1, -0.05) is 17.7 Å². The van der Waals surface area contributed by atoms with Crippen molar-refractivity contribution in [3.63, 3.8) is 0 Å². The quantitative estimate of drug-likeness (QED) is 0.809. The number of halogens is 1. The van der Waals surface area contributed by atoms with Crippen molar-refractivity contribution in [2.45, 2.75) is 6.61 Å². The number of carbonyl (C=O) groups excluding carboxylic acids is 1. The summed E-state index contributed by atoms with van der Waals surface area (Å²) in [5.74, 6) is 2.07. The maximum absolute atomic E-state index is 10.7. The number of fused-ring (bicyclic) bond motifs is 1. The van der Waals surface area contributed by atoms with Gasteiger partial charge in [0.2, 0.25) is 6.79 Å². The fourth-order valence-electron chi connectivity index (χ4n) is 1.89. The van der Waals surface area contributed by atoms with Gasteiger partial charge in [0.15, 0.2) is 17.8 Å². The Morgan fingerprint density at radius 2 is 2.00 bits per heavy atom. The van der Waals surface area contributed by atoms with E-state index in [1.165, 1.54) is 0 Å². The Morgan fingerprint density at radius 3 is 2.80 bits per heavy atom. The summed E-state index contributed by atoms with van der Waals surface area (Å²) in [6.45, 7) is 0.635. The zero-order valence-corrected chi connectivity index (χ0v) is 11.2. The lowest BCUT2D eigenvalue weighted by molar-refractivity contribution is 0.112. The summed E-state index contributed by atoms with van der Waals surface area (Å²) in [5, 5.41) is 0.378. The van der Waals surface area contributed by atoms with E-state index in [1.807, 2.05) is 18.2 Å². The molecule has 0 amide bonds. The number of aldehydes is 1. The first-order chi connectivity index (χ1) is 9.76. The fourth-order valence-corrected chi connectivity index (χ4v) is 2.11. The largest absolute Gasteiger partial charge is 0.489 e. The minimum atomic E-state index is 0.252. The summed E-state index contributed by atoms with van der Waals surface area (Å²) in [7, 11) is 0. The second kappa shape index (κ2) is 5.43. The van der Waals surface area contributed by atoms with Gasteiger partial charge in [0.1, 0.15) is 12.4 Å². The maximum atomic E-state index is 10.7. The molecule has 0 radical (unpaired) electrons. The maximum Gasteiger partial charge on any atom is 0.231 e. The standard InChI is InChI=1S/C15H11ClO4/c16-13-6-12(3-2-11(13)7-17)18-8-10-1-4-14-15(5-10)20-9-19-14/h1-7H,8-9H2. The van der Waals surface area contributed by atoms with E-state index in [4.69, 9.17) is 25.8 Å². The van der Waals surface area contributed by atoms with Gasteiger partial charge in [-0.05, 0) is 35.9 Å². The van der Waals surface area contributed by atoms with Crippen LogP contribution in [0.3, 0.4) is 0 Å². The van der Waals surface area contributed by atoms with E-state index in [9.17, 15) is 4.79 Å². The van der Waals surface area contributed by atoms with Crippen LogP contribution in [-0.4, -0.2) is 13.1 Å². The van der Waals surface area contributed by atoms with E-state index in [2.05, 4.69) is 0 Å². The van der Waals surface area contributed by atoms with Crippen LogP contribution in [-0.2, 0) is 6.61 Å². The zero-order chi connectivity index (χ0) is 13.9. The Kier molecular flexibility index (Phi) is 3.48. The molecule has 0 fully saturated rings. The van der Waals surface area contributed by atoms with Crippen LogP contribution >= 0.6 is 11.6 Å². The van der Waals surface area contributed by atoms with Crippen molar-refractivity contribution in [3.05, 3.63) is 52.5 Å². The van der Waals surface area contributed by atoms with Gasteiger partial charge in [-0.2, -0.15) is 0 Å². The number of carbonyl (C=O) groups is 1. The monoisotopic (exact) mass is 290 g/mol. The van der Waals surface area contributed by atoms with Gasteiger partial charge < -0.3 is 14.2 Å². The first-order valence-corrected chi connectivity index (χ1v) is 6.40. The Morgan fingerprint density at radius 1 is 1.15 bits per heavy atom. The van der Waals surface area contributed by atoms with Crippen LogP contribution in [0.1, 0.15) is 15.9 Å². The number of ether oxygens (including phenoxy) is 3. The number of hydrogen-bond acceptors (Lipinski definition) is 4. The highest BCUT2D eigenvalue weighted by atomic mass is 35.5. The van der Waals surface area contributed by atoms with E-state index >= 15 is 0 Å². The smallest absolute Gasteiger partial charge is 0.231 e. The highest BCUT2D eigenvalue weighted by Gasteiger charge is 2.13. The van der Waals surface area contributed by atoms with E-state index in [0.29, 0.717) is 29.2 Å². The van der Waals surface area contributed by atoms with Gasteiger partial charge in [0.25, 0.3) is 0 Å². The van der Waals surface area contributed by atoms with Crippen molar-refractivity contribution < 1.29 is 19.0 Å². The third-order valence-corrected chi connectivity index (χ3v) is 3.27. The molecule has 4 nitrogen and oxygen atoms in total. The van der Waals surface area contributed by atoms with Crippen LogP contribution < -0.4 is 14.2 Å². The molecule has 1 aliphatic rings. The van der Waals surface area contributed by atoms with Gasteiger partial charge in [-0.25, -0.2) is 0 Å². The fraction of sp³-hybridized carbons (Fsp3) is 0.133. The van der Waals surface area contributed by atoms with Gasteiger partial charge in [0, 0.05) is 5.56 Å². The SMILES string of the molecule is O=Cc1ccc(OCc2ccc3c(c2)OCO3)cc1Cl. The minimum Gasteiger partial charge on any atom is -0.489 e. The highest BCUT2D eigenvalue weighted by Crippen LogP contribution is 2.32. The first kappa shape index (κ1) is 12.8. The van der Waals surface area contributed by atoms with Crippen molar-refractivity contribution in [3.8, 4) is 17.2 Å². The summed E-state index contributed by atoms with van der Waals surface area (Å²) in [6.07, 6.45) is 0.712. The van der Waals surface area contributed by atoms with Crippen molar-refractivity contribution in [2.75, 3.05) is 6.79 Å². The molecule has 0 aliphatic carbocycles. The minimum absolute atomic E-state index is 0.252. The normalized spacial score (nSPS) is 12.2. The molecule has 102 valence electrons. The molecule has 3 rings (SSSR count). The number of benzene rings is 2. The van der Waals surface area contributed by atoms with Crippen molar-refractivity contribution >= 4 is 17.9 Å². The Balaban J connectivity index is 1.70. The van der Waals surface area contributed by atoms with Gasteiger partial charge in [0.05, 0.1) is 5.02 Å². The van der Waals surface area contributed by atoms with Crippen LogP contribution in [0.15, 0.2) is 36.4 Å². The highest BCUT2D eigenvalue weighted by molar-refractivity contribution is 6.33.